The Kier molecular flexibility index (Phi) is 2.90. The highest BCUT2D eigenvalue weighted by Gasteiger charge is 2.09. The van der Waals surface area contributed by atoms with E-state index >= 15 is 0 Å². The number of carbonyl (C=O) groups excluding carboxylic acids is 1. The van der Waals surface area contributed by atoms with E-state index in [1.54, 1.807) is 0 Å². The zero-order valence-corrected chi connectivity index (χ0v) is 6.62. The number of esters is 1. The number of hydrogen-bond donors (Lipinski definition) is 0. The van der Waals surface area contributed by atoms with Crippen LogP contribution in [0.15, 0.2) is 24.3 Å². The molecule has 0 atom stereocenters. The molecule has 0 heterocycles. The molecule has 1 rings (SSSR count). The minimum Gasteiger partial charge on any atom is -0.466 e. The van der Waals surface area contributed by atoms with E-state index in [0.717, 1.165) is 0 Å². The Hall–Kier alpha value is -1.05. The molecule has 60 valence electrons. The molecule has 0 unspecified atom stereocenters. The summed E-state index contributed by atoms with van der Waals surface area (Å²) in [5.74, 6) is 0.141. The van der Waals surface area contributed by atoms with Crippen molar-refractivity contribution in [1.82, 2.24) is 0 Å². The lowest BCUT2D eigenvalue weighted by molar-refractivity contribution is -0.143. The summed E-state index contributed by atoms with van der Waals surface area (Å²) in [6.07, 6.45) is 8.36. The molecule has 0 spiro atoms. The van der Waals surface area contributed by atoms with Crippen LogP contribution in [0.5, 0.6) is 0 Å². The number of hydrogen-bond acceptors (Lipinski definition) is 2. The van der Waals surface area contributed by atoms with Gasteiger partial charge in [-0.2, -0.15) is 0 Å². The van der Waals surface area contributed by atoms with Gasteiger partial charge in [-0.25, -0.2) is 0 Å². The van der Waals surface area contributed by atoms with Crippen LogP contribution in [-0.4, -0.2) is 12.6 Å². The van der Waals surface area contributed by atoms with Gasteiger partial charge >= 0.3 is 5.97 Å². The van der Waals surface area contributed by atoms with Crippen molar-refractivity contribution in [2.24, 2.45) is 5.92 Å². The quantitative estimate of drug-likeness (QED) is 0.575. The number of allylic oxidation sites excluding steroid dienone is 4. The topological polar surface area (TPSA) is 26.3 Å². The van der Waals surface area contributed by atoms with Crippen LogP contribution >= 0.6 is 0 Å². The molecule has 2 heteroatoms. The molecule has 0 aromatic rings. The molecular weight excluding hydrogens is 140 g/mol. The van der Waals surface area contributed by atoms with Crippen molar-refractivity contribution in [1.29, 1.82) is 0 Å². The third-order valence-corrected chi connectivity index (χ3v) is 1.54. The second kappa shape index (κ2) is 3.96. The smallest absolute Gasteiger partial charge is 0.306 e. The lowest BCUT2D eigenvalue weighted by Crippen LogP contribution is -2.07. The second-order valence-electron chi connectivity index (χ2n) is 2.44. The van der Waals surface area contributed by atoms with Gasteiger partial charge in [-0.3, -0.25) is 4.79 Å². The van der Waals surface area contributed by atoms with Gasteiger partial charge in [-0.15, -0.1) is 0 Å². The first kappa shape index (κ1) is 8.05. The molecule has 0 fully saturated rings. The monoisotopic (exact) mass is 152 g/mol. The molecule has 0 aliphatic heterocycles. The lowest BCUT2D eigenvalue weighted by atomic mass is 10.1. The van der Waals surface area contributed by atoms with Gasteiger partial charge < -0.3 is 4.74 Å². The average Bonchev–Trinajstić information content (AvgIpc) is 2.40. The van der Waals surface area contributed by atoms with Crippen LogP contribution in [0, 0.1) is 5.92 Å². The standard InChI is InChI=1S/C9H12O2/c1-2-11-9(10)7-8-5-3-4-6-8/h3-6,8H,2,7H2,1H3. The summed E-state index contributed by atoms with van der Waals surface area (Å²) in [4.78, 5) is 10.9. The summed E-state index contributed by atoms with van der Waals surface area (Å²) in [7, 11) is 0. The fourth-order valence-electron chi connectivity index (χ4n) is 1.03. The minimum absolute atomic E-state index is 0.117. The molecular formula is C9H12O2. The second-order valence-corrected chi connectivity index (χ2v) is 2.44. The van der Waals surface area contributed by atoms with Crippen molar-refractivity contribution in [3.05, 3.63) is 24.3 Å². The van der Waals surface area contributed by atoms with Crippen molar-refractivity contribution in [2.45, 2.75) is 13.3 Å². The van der Waals surface area contributed by atoms with Gasteiger partial charge in [-0.05, 0) is 6.92 Å². The molecule has 1 aliphatic carbocycles. The number of carbonyl (C=O) groups is 1. The predicted molar refractivity (Wildman–Crippen MR) is 43.0 cm³/mol. The van der Waals surface area contributed by atoms with Crippen molar-refractivity contribution < 1.29 is 9.53 Å². The highest BCUT2D eigenvalue weighted by molar-refractivity contribution is 5.70. The molecule has 0 bridgehead atoms. The van der Waals surface area contributed by atoms with Crippen LogP contribution in [0.25, 0.3) is 0 Å². The summed E-state index contributed by atoms with van der Waals surface area (Å²) in [6.45, 7) is 2.29. The Bertz CT molecular complexity index is 180. The normalized spacial score (nSPS) is 15.7. The Morgan fingerprint density at radius 2 is 2.09 bits per heavy atom. The van der Waals surface area contributed by atoms with Crippen LogP contribution in [0.4, 0.5) is 0 Å². The molecule has 0 amide bonds. The van der Waals surface area contributed by atoms with Crippen molar-refractivity contribution in [3.63, 3.8) is 0 Å². The largest absolute Gasteiger partial charge is 0.466 e. The van der Waals surface area contributed by atoms with Gasteiger partial charge in [0, 0.05) is 5.92 Å². The van der Waals surface area contributed by atoms with Crippen LogP contribution < -0.4 is 0 Å². The van der Waals surface area contributed by atoms with E-state index in [2.05, 4.69) is 0 Å². The zero-order chi connectivity index (χ0) is 8.10. The van der Waals surface area contributed by atoms with Gasteiger partial charge in [0.1, 0.15) is 0 Å². The fourth-order valence-corrected chi connectivity index (χ4v) is 1.03. The first-order valence-corrected chi connectivity index (χ1v) is 3.83. The van der Waals surface area contributed by atoms with Crippen LogP contribution in [0.3, 0.4) is 0 Å². The molecule has 1 aliphatic rings. The molecule has 0 aromatic heterocycles. The van der Waals surface area contributed by atoms with E-state index in [9.17, 15) is 4.79 Å². The molecule has 0 N–H and O–H groups in total. The third-order valence-electron chi connectivity index (χ3n) is 1.54. The van der Waals surface area contributed by atoms with Gasteiger partial charge in [0.05, 0.1) is 13.0 Å². The maximum atomic E-state index is 10.9. The van der Waals surface area contributed by atoms with Crippen molar-refractivity contribution in [2.75, 3.05) is 6.61 Å². The van der Waals surface area contributed by atoms with E-state index in [-0.39, 0.29) is 11.9 Å². The molecule has 11 heavy (non-hydrogen) atoms. The predicted octanol–water partition coefficient (Wildman–Crippen LogP) is 1.68. The highest BCUT2D eigenvalue weighted by Crippen LogP contribution is 2.13. The maximum absolute atomic E-state index is 10.9. The summed E-state index contributed by atoms with van der Waals surface area (Å²) >= 11 is 0. The Morgan fingerprint density at radius 3 is 2.64 bits per heavy atom. The summed E-state index contributed by atoms with van der Waals surface area (Å²) < 4.78 is 4.80. The minimum atomic E-state index is -0.117. The molecule has 2 nitrogen and oxygen atoms in total. The average molecular weight is 152 g/mol. The van der Waals surface area contributed by atoms with Gasteiger partial charge in [0.15, 0.2) is 0 Å². The van der Waals surface area contributed by atoms with Crippen LogP contribution in [0.2, 0.25) is 0 Å². The first-order valence-electron chi connectivity index (χ1n) is 3.83. The fraction of sp³-hybridized carbons (Fsp3) is 0.444. The van der Waals surface area contributed by atoms with Crippen molar-refractivity contribution >= 4 is 5.97 Å². The van der Waals surface area contributed by atoms with E-state index in [0.29, 0.717) is 13.0 Å². The lowest BCUT2D eigenvalue weighted by Gasteiger charge is -2.03. The number of ether oxygens (including phenoxy) is 1. The molecule has 0 saturated carbocycles. The van der Waals surface area contributed by atoms with E-state index in [1.807, 2.05) is 31.2 Å². The van der Waals surface area contributed by atoms with E-state index < -0.39 is 0 Å². The van der Waals surface area contributed by atoms with Gasteiger partial charge in [-0.1, -0.05) is 24.3 Å². The first-order chi connectivity index (χ1) is 5.33. The van der Waals surface area contributed by atoms with Crippen LogP contribution in [0.1, 0.15) is 13.3 Å². The van der Waals surface area contributed by atoms with E-state index in [1.165, 1.54) is 0 Å². The Labute approximate surface area is 66.5 Å². The van der Waals surface area contributed by atoms with Gasteiger partial charge in [0.2, 0.25) is 0 Å². The van der Waals surface area contributed by atoms with Crippen LogP contribution in [-0.2, 0) is 9.53 Å². The Balaban J connectivity index is 2.25. The summed E-state index contributed by atoms with van der Waals surface area (Å²) in [5, 5.41) is 0. The number of rotatable bonds is 3. The summed E-state index contributed by atoms with van der Waals surface area (Å²) in [6, 6.07) is 0. The summed E-state index contributed by atoms with van der Waals surface area (Å²) in [5.41, 5.74) is 0. The molecule has 0 saturated heterocycles. The zero-order valence-electron chi connectivity index (χ0n) is 6.62. The van der Waals surface area contributed by atoms with Gasteiger partial charge in [0.25, 0.3) is 0 Å². The Morgan fingerprint density at radius 1 is 1.45 bits per heavy atom. The highest BCUT2D eigenvalue weighted by atomic mass is 16.5. The SMILES string of the molecule is CCOC(=O)CC1C=CC=C1. The molecule has 0 aromatic carbocycles. The van der Waals surface area contributed by atoms with Crippen molar-refractivity contribution in [3.8, 4) is 0 Å². The maximum Gasteiger partial charge on any atom is 0.306 e. The third kappa shape index (κ3) is 2.58. The van der Waals surface area contributed by atoms with E-state index in [4.69, 9.17) is 4.74 Å². The molecule has 0 radical (unpaired) electrons.